The fraction of sp³-hybridized carbons (Fsp3) is 0.389. The molecule has 0 spiro atoms. The molecule has 3 N–H and O–H groups in total. The van der Waals surface area contributed by atoms with E-state index in [1.807, 2.05) is 19.6 Å². The lowest BCUT2D eigenvalue weighted by Crippen LogP contribution is -2.60. The summed E-state index contributed by atoms with van der Waals surface area (Å²) in [6.07, 6.45) is 4.57. The van der Waals surface area contributed by atoms with Gasteiger partial charge in [-0.3, -0.25) is 25.0 Å². The van der Waals surface area contributed by atoms with E-state index in [9.17, 15) is 28.8 Å². The molecule has 0 saturated carbocycles. The Morgan fingerprint density at radius 3 is 1.88 bits per heavy atom. The quantitative estimate of drug-likeness (QED) is 0.158. The number of rotatable bonds is 8. The van der Waals surface area contributed by atoms with Gasteiger partial charge in [-0.2, -0.15) is 0 Å². The van der Waals surface area contributed by atoms with E-state index < -0.39 is 43.2 Å². The number of ether oxygens (including phenoxy) is 4. The van der Waals surface area contributed by atoms with Gasteiger partial charge in [0.25, 0.3) is 17.7 Å². The number of terminal acetylenes is 1. The first-order chi connectivity index (χ1) is 24.0. The number of hydrogen-bond acceptors (Lipinski definition) is 10. The van der Waals surface area contributed by atoms with Crippen LogP contribution in [0.4, 0.5) is 9.59 Å². The van der Waals surface area contributed by atoms with Crippen molar-refractivity contribution in [1.82, 2.24) is 25.8 Å². The fourth-order valence-corrected chi connectivity index (χ4v) is 6.07. The van der Waals surface area contributed by atoms with Gasteiger partial charge in [0.1, 0.15) is 19.6 Å². The molecule has 2 atom stereocenters. The number of methoxy groups -OCH3 is 4. The highest BCUT2D eigenvalue weighted by Gasteiger charge is 2.48. The van der Waals surface area contributed by atoms with Gasteiger partial charge in [-0.15, -0.1) is 12.0 Å². The zero-order chi connectivity index (χ0) is 37.7. The van der Waals surface area contributed by atoms with Crippen molar-refractivity contribution in [2.75, 3.05) is 41.5 Å². The van der Waals surface area contributed by atoms with Crippen molar-refractivity contribution in [3.8, 4) is 35.3 Å². The maximum absolute atomic E-state index is 12.9. The molecule has 0 unspecified atom stereocenters. The first-order valence-electron chi connectivity index (χ1n) is 15.6. The van der Waals surface area contributed by atoms with Gasteiger partial charge >= 0.3 is 18.1 Å². The van der Waals surface area contributed by atoms with Crippen LogP contribution in [0.3, 0.4) is 0 Å². The maximum Gasteiger partial charge on any atom is 0.408 e. The van der Waals surface area contributed by atoms with Gasteiger partial charge < -0.3 is 34.1 Å². The van der Waals surface area contributed by atoms with Crippen LogP contribution in [0.15, 0.2) is 36.4 Å². The van der Waals surface area contributed by atoms with Crippen LogP contribution in [0.25, 0.3) is 0 Å². The number of nitrogens with one attached hydrogen (secondary N) is 3. The van der Waals surface area contributed by atoms with Crippen molar-refractivity contribution in [1.29, 1.82) is 0 Å². The van der Waals surface area contributed by atoms with E-state index in [2.05, 4.69) is 38.1 Å². The number of imide groups is 1. The average molecular weight is 734 g/mol. The standard InChI is InChI=1S/C20H26N2O6Si.C15H13N3O4.CH4/c1-26-15-8-7-14-12-22(17(23)16(14)11-15)13-20(18(24)27-2,21-19(25)28-3)9-10-29(4,5)6;1-3-15(13(20)16-14(21)17-15)8-18-7-9-4-5-10(22-2)6-11(9)12(18)19;/h7-8,11H,12-13H2,1-6H3,(H,21,25);1,4-6H,7-8H2,2H3,(H2,16,17,20,21);1H4/t20-;15-;/m11./s1. The normalized spacial score (nSPS) is 18.0. The van der Waals surface area contributed by atoms with Gasteiger partial charge in [0.2, 0.25) is 5.54 Å². The summed E-state index contributed by atoms with van der Waals surface area (Å²) < 4.78 is 19.9. The minimum Gasteiger partial charge on any atom is -0.497 e. The summed E-state index contributed by atoms with van der Waals surface area (Å²) >= 11 is 0. The summed E-state index contributed by atoms with van der Waals surface area (Å²) in [5.74, 6) is 4.39. The van der Waals surface area contributed by atoms with Gasteiger partial charge in [-0.25, -0.2) is 14.4 Å². The number of carbonyl (C=O) groups is 6. The molecule has 0 aliphatic carbocycles. The Bertz CT molecular complexity index is 1890. The van der Waals surface area contributed by atoms with Gasteiger partial charge in [0, 0.05) is 24.2 Å². The van der Waals surface area contributed by atoms with Gasteiger partial charge in [-0.05, 0) is 35.4 Å². The molecule has 6 amide bonds. The molecule has 2 aromatic carbocycles. The summed E-state index contributed by atoms with van der Waals surface area (Å²) in [5.41, 5.74) is 2.44. The summed E-state index contributed by atoms with van der Waals surface area (Å²) in [7, 11) is 3.52. The highest BCUT2D eigenvalue weighted by atomic mass is 28.3. The number of urea groups is 1. The van der Waals surface area contributed by atoms with E-state index in [4.69, 9.17) is 20.6 Å². The zero-order valence-corrected chi connectivity index (χ0v) is 30.3. The van der Waals surface area contributed by atoms with Crippen molar-refractivity contribution >= 4 is 43.9 Å². The molecule has 16 heteroatoms. The van der Waals surface area contributed by atoms with Crippen molar-refractivity contribution in [3.05, 3.63) is 58.7 Å². The number of benzene rings is 2. The number of fused-ring (bicyclic) bond motifs is 2. The lowest BCUT2D eigenvalue weighted by molar-refractivity contribution is -0.146. The van der Waals surface area contributed by atoms with Crippen LogP contribution < -0.4 is 25.4 Å². The summed E-state index contributed by atoms with van der Waals surface area (Å²) in [4.78, 5) is 76.3. The number of hydrogen-bond donors (Lipinski definition) is 3. The molecule has 1 fully saturated rings. The average Bonchev–Trinajstić information content (AvgIpc) is 3.70. The minimum atomic E-state index is -1.92. The van der Waals surface area contributed by atoms with Crippen LogP contribution in [0, 0.1) is 23.8 Å². The second-order valence-electron chi connectivity index (χ2n) is 12.8. The largest absolute Gasteiger partial charge is 0.497 e. The highest BCUT2D eigenvalue weighted by Crippen LogP contribution is 2.30. The Kier molecular flexibility index (Phi) is 12.4. The van der Waals surface area contributed by atoms with Gasteiger partial charge in [-0.1, -0.05) is 51.0 Å². The van der Waals surface area contributed by atoms with E-state index in [0.717, 1.165) is 11.1 Å². The second-order valence-corrected chi connectivity index (χ2v) is 17.6. The lowest BCUT2D eigenvalue weighted by Gasteiger charge is -2.31. The molecule has 15 nitrogen and oxygen atoms in total. The van der Waals surface area contributed by atoms with Crippen LogP contribution in [0.1, 0.15) is 39.3 Å². The van der Waals surface area contributed by atoms with Gasteiger partial charge in [0.15, 0.2) is 5.54 Å². The van der Waals surface area contributed by atoms with E-state index in [1.165, 1.54) is 38.2 Å². The Labute approximate surface area is 303 Å². The van der Waals surface area contributed by atoms with Crippen LogP contribution in [-0.2, 0) is 32.2 Å². The maximum atomic E-state index is 12.9. The summed E-state index contributed by atoms with van der Waals surface area (Å²) in [6.45, 7) is 6.34. The fourth-order valence-electron chi connectivity index (χ4n) is 5.48. The van der Waals surface area contributed by atoms with E-state index >= 15 is 0 Å². The highest BCUT2D eigenvalue weighted by molar-refractivity contribution is 6.83. The number of esters is 1. The third kappa shape index (κ3) is 8.47. The second kappa shape index (κ2) is 15.9. The molecular weight excluding hydrogens is 691 g/mol. The Morgan fingerprint density at radius 1 is 0.904 bits per heavy atom. The molecule has 3 aliphatic rings. The Balaban J connectivity index is 0.000000284. The molecule has 0 aromatic heterocycles. The van der Waals surface area contributed by atoms with Crippen LogP contribution >= 0.6 is 0 Å². The lowest BCUT2D eigenvalue weighted by atomic mass is 10.00. The van der Waals surface area contributed by atoms with Crippen LogP contribution in [0.2, 0.25) is 19.6 Å². The molecule has 276 valence electrons. The first-order valence-corrected chi connectivity index (χ1v) is 19.1. The molecule has 0 radical (unpaired) electrons. The monoisotopic (exact) mass is 733 g/mol. The molecular formula is C36H43N5O10Si. The molecule has 5 rings (SSSR count). The summed E-state index contributed by atoms with van der Waals surface area (Å²) in [6, 6.07) is 9.76. The van der Waals surface area contributed by atoms with Crippen molar-refractivity contribution in [3.63, 3.8) is 0 Å². The molecule has 1 saturated heterocycles. The Morgan fingerprint density at radius 2 is 1.44 bits per heavy atom. The van der Waals surface area contributed by atoms with E-state index in [1.54, 1.807) is 36.4 Å². The van der Waals surface area contributed by atoms with Crippen molar-refractivity contribution in [2.24, 2.45) is 0 Å². The van der Waals surface area contributed by atoms with Crippen molar-refractivity contribution in [2.45, 2.75) is 51.2 Å². The third-order valence-electron chi connectivity index (χ3n) is 8.12. The number of nitrogens with zero attached hydrogens (tertiary/aromatic N) is 2. The topological polar surface area (TPSA) is 182 Å². The molecule has 52 heavy (non-hydrogen) atoms. The molecule has 3 aliphatic heterocycles. The number of alkyl carbamates (subject to hydrolysis) is 1. The molecule has 2 aromatic rings. The summed E-state index contributed by atoms with van der Waals surface area (Å²) in [5, 5.41) is 7.00. The van der Waals surface area contributed by atoms with Crippen LogP contribution in [0.5, 0.6) is 11.5 Å². The van der Waals surface area contributed by atoms with Gasteiger partial charge in [0.05, 0.1) is 41.5 Å². The van der Waals surface area contributed by atoms with Crippen LogP contribution in [-0.4, -0.2) is 106 Å². The predicted octanol–water partition coefficient (Wildman–Crippen LogP) is 2.30. The minimum absolute atomic E-state index is 0. The number of carbonyl (C=O) groups excluding carboxylic acids is 6. The zero-order valence-electron chi connectivity index (χ0n) is 29.3. The predicted molar refractivity (Wildman–Crippen MR) is 192 cm³/mol. The Hall–Kier alpha value is -6.00. The smallest absolute Gasteiger partial charge is 0.408 e. The molecule has 0 bridgehead atoms. The SMILES string of the molecule is C.C#C[C@]1(CN2Cc3ccc(OC)cc3C2=O)NC(=O)NC1=O.COC(=O)N[C@](C#C[Si](C)(C)C)(CN1Cc2ccc(OC)cc2C1=O)C(=O)OC. The third-order valence-corrected chi connectivity index (χ3v) is 9.00. The van der Waals surface area contributed by atoms with Crippen molar-refractivity contribution < 1.29 is 47.7 Å². The van der Waals surface area contributed by atoms with E-state index in [-0.39, 0.29) is 38.9 Å². The number of amides is 6. The first kappa shape index (κ1) is 40.4. The molecule has 3 heterocycles. The van der Waals surface area contributed by atoms with E-state index in [0.29, 0.717) is 29.2 Å².